The molecule has 2 saturated carbocycles. The predicted octanol–water partition coefficient (Wildman–Crippen LogP) is 3.30. The monoisotopic (exact) mass is 297 g/mol. The van der Waals surface area contributed by atoms with Crippen LogP contribution in [-0.2, 0) is 4.74 Å². The molecule has 0 amide bonds. The molecule has 0 N–H and O–H groups in total. The molecule has 0 spiro atoms. The van der Waals surface area contributed by atoms with Gasteiger partial charge in [-0.15, -0.1) is 0 Å². The average molecular weight is 297 g/mol. The summed E-state index contributed by atoms with van der Waals surface area (Å²) in [7, 11) is 1.82. The lowest BCUT2D eigenvalue weighted by Crippen LogP contribution is -2.45. The van der Waals surface area contributed by atoms with Gasteiger partial charge in [-0.05, 0) is 89.0 Å². The maximum Gasteiger partial charge on any atom is 0.0618 e. The van der Waals surface area contributed by atoms with E-state index in [0.717, 1.165) is 6.61 Å². The summed E-state index contributed by atoms with van der Waals surface area (Å²) >= 11 is 0. The van der Waals surface area contributed by atoms with E-state index in [9.17, 15) is 0 Å². The van der Waals surface area contributed by atoms with Crippen LogP contribution in [-0.4, -0.2) is 37.2 Å². The molecule has 2 nitrogen and oxygen atoms in total. The van der Waals surface area contributed by atoms with Crippen molar-refractivity contribution in [3.63, 3.8) is 0 Å². The van der Waals surface area contributed by atoms with Gasteiger partial charge in [0.25, 0.3) is 0 Å². The van der Waals surface area contributed by atoms with Crippen LogP contribution in [0.15, 0.2) is 0 Å². The van der Waals surface area contributed by atoms with Gasteiger partial charge in [0, 0.05) is 25.1 Å². The zero-order chi connectivity index (χ0) is 15.4. The maximum absolute atomic E-state index is 5.46. The normalized spacial score (nSPS) is 31.1. The molecule has 3 rings (SSSR count). The minimum Gasteiger partial charge on any atom is -0.383 e. The highest BCUT2D eigenvalue weighted by atomic mass is 16.5. The Morgan fingerprint density at radius 1 is 1.09 bits per heavy atom. The zero-order valence-electron chi connectivity index (χ0n) is 13.7. The van der Waals surface area contributed by atoms with Gasteiger partial charge < -0.3 is 4.74 Å². The summed E-state index contributed by atoms with van der Waals surface area (Å²) in [6, 6.07) is 1.07. The fourth-order valence-electron chi connectivity index (χ4n) is 3.90. The lowest BCUT2D eigenvalue weighted by molar-refractivity contribution is 0.0879. The summed E-state index contributed by atoms with van der Waals surface area (Å²) in [5, 5.41) is 0. The molecule has 0 unspecified atom stereocenters. The quantitative estimate of drug-likeness (QED) is 0.715. The predicted molar refractivity (Wildman–Crippen MR) is 90.1 cm³/mol. The molecule has 3 atom stereocenters. The van der Waals surface area contributed by atoms with Gasteiger partial charge in [0.1, 0.15) is 0 Å². The largest absolute Gasteiger partial charge is 0.383 e. The first-order valence-electron chi connectivity index (χ1n) is 8.47. The van der Waals surface area contributed by atoms with Crippen LogP contribution in [0, 0.1) is 69.1 Å². The SMILES string of the molecule is COC[C@@H]1CCCN1[C@H](C[C@@H](C)[C]1[CH][CH][CH][CH]1)[C]1[CH][CH][CH][CH]1. The van der Waals surface area contributed by atoms with Gasteiger partial charge in [-0.25, -0.2) is 0 Å². The van der Waals surface area contributed by atoms with E-state index in [1.807, 2.05) is 7.11 Å². The number of hydrogen-bond donors (Lipinski definition) is 0. The first-order valence-corrected chi connectivity index (χ1v) is 8.47. The van der Waals surface area contributed by atoms with Crippen LogP contribution in [0.25, 0.3) is 0 Å². The average Bonchev–Trinajstić information content (AvgIpc) is 3.26. The first kappa shape index (κ1) is 16.8. The van der Waals surface area contributed by atoms with Crippen molar-refractivity contribution in [2.75, 3.05) is 20.3 Å². The molecule has 1 saturated heterocycles. The van der Waals surface area contributed by atoms with Gasteiger partial charge in [-0.2, -0.15) is 0 Å². The minimum absolute atomic E-state index is 0.502. The Kier molecular flexibility index (Phi) is 6.21. The maximum atomic E-state index is 5.46. The summed E-state index contributed by atoms with van der Waals surface area (Å²) in [6.45, 7) is 4.40. The van der Waals surface area contributed by atoms with Crippen molar-refractivity contribution in [3.05, 3.63) is 63.2 Å². The van der Waals surface area contributed by atoms with E-state index < -0.39 is 0 Å². The van der Waals surface area contributed by atoms with Crippen LogP contribution >= 0.6 is 0 Å². The molecule has 1 aliphatic heterocycles. The number of likely N-dealkylation sites (tertiary alicyclic amines) is 1. The van der Waals surface area contributed by atoms with Gasteiger partial charge >= 0.3 is 0 Å². The number of rotatable bonds is 7. The van der Waals surface area contributed by atoms with Crippen LogP contribution in [0.3, 0.4) is 0 Å². The van der Waals surface area contributed by atoms with Crippen molar-refractivity contribution >= 4 is 0 Å². The minimum atomic E-state index is 0.502. The highest BCUT2D eigenvalue weighted by molar-refractivity contribution is 5.40. The number of nitrogens with zero attached hydrogens (tertiary/aromatic N) is 1. The highest BCUT2D eigenvalue weighted by Crippen LogP contribution is 2.40. The highest BCUT2D eigenvalue weighted by Gasteiger charge is 2.38. The fourth-order valence-corrected chi connectivity index (χ4v) is 3.90. The first-order chi connectivity index (χ1) is 10.8. The second-order valence-electron chi connectivity index (χ2n) is 6.58. The molecule has 0 bridgehead atoms. The van der Waals surface area contributed by atoms with Crippen molar-refractivity contribution < 1.29 is 4.74 Å². The summed E-state index contributed by atoms with van der Waals surface area (Å²) in [6.07, 6.45) is 21.4. The lowest BCUT2D eigenvalue weighted by Gasteiger charge is -2.38. The van der Waals surface area contributed by atoms with Crippen molar-refractivity contribution in [2.24, 2.45) is 5.92 Å². The third kappa shape index (κ3) is 3.87. The smallest absolute Gasteiger partial charge is 0.0618 e. The molecule has 0 aromatic carbocycles. The lowest BCUT2D eigenvalue weighted by atomic mass is 9.82. The molecule has 118 valence electrons. The van der Waals surface area contributed by atoms with E-state index in [-0.39, 0.29) is 0 Å². The molecule has 0 aromatic rings. The van der Waals surface area contributed by atoms with Crippen LogP contribution in [0.1, 0.15) is 26.2 Å². The second-order valence-corrected chi connectivity index (χ2v) is 6.58. The van der Waals surface area contributed by atoms with Crippen LogP contribution in [0.2, 0.25) is 0 Å². The summed E-state index contributed by atoms with van der Waals surface area (Å²) in [5.74, 6) is 3.50. The second kappa shape index (κ2) is 8.15. The topological polar surface area (TPSA) is 12.5 Å². The standard InChI is InChI=1S/C20H27NO/c1-16(17-8-3-4-9-17)14-20(18-10-5-6-11-18)21-13-7-12-19(21)15-22-2/h3-6,8-11,16,19-20H,7,12-15H2,1-2H3/t16-,19+,20-/m1/s1. The van der Waals surface area contributed by atoms with Crippen molar-refractivity contribution in [2.45, 2.75) is 38.3 Å². The Bertz CT molecular complexity index is 320. The molecule has 3 fully saturated rings. The van der Waals surface area contributed by atoms with E-state index in [1.54, 1.807) is 0 Å². The summed E-state index contributed by atoms with van der Waals surface area (Å²) < 4.78 is 5.46. The molecule has 3 aliphatic rings. The third-order valence-electron chi connectivity index (χ3n) is 5.09. The van der Waals surface area contributed by atoms with Crippen LogP contribution in [0.5, 0.6) is 0 Å². The molecule has 1 heterocycles. The van der Waals surface area contributed by atoms with Crippen LogP contribution < -0.4 is 0 Å². The Labute approximate surface area is 138 Å². The van der Waals surface area contributed by atoms with Crippen molar-refractivity contribution in [1.82, 2.24) is 4.90 Å². The van der Waals surface area contributed by atoms with E-state index in [0.29, 0.717) is 18.0 Å². The number of hydrogen-bond acceptors (Lipinski definition) is 2. The molecule has 10 radical (unpaired) electrons. The Hall–Kier alpha value is -0.0800. The summed E-state index contributed by atoms with van der Waals surface area (Å²) in [4.78, 5) is 2.68. The van der Waals surface area contributed by atoms with Gasteiger partial charge in [-0.1, -0.05) is 6.92 Å². The zero-order valence-corrected chi connectivity index (χ0v) is 13.7. The Morgan fingerprint density at radius 2 is 1.73 bits per heavy atom. The van der Waals surface area contributed by atoms with Crippen LogP contribution in [0.4, 0.5) is 0 Å². The summed E-state index contributed by atoms with van der Waals surface area (Å²) in [5.41, 5.74) is 0. The molecule has 0 aromatic heterocycles. The Balaban J connectivity index is 1.66. The van der Waals surface area contributed by atoms with E-state index in [2.05, 4.69) is 63.2 Å². The third-order valence-corrected chi connectivity index (χ3v) is 5.09. The molecule has 2 aliphatic carbocycles. The van der Waals surface area contributed by atoms with Gasteiger partial charge in [0.2, 0.25) is 0 Å². The van der Waals surface area contributed by atoms with Crippen molar-refractivity contribution in [1.29, 1.82) is 0 Å². The molecule has 22 heavy (non-hydrogen) atoms. The number of ether oxygens (including phenoxy) is 1. The van der Waals surface area contributed by atoms with E-state index in [1.165, 1.54) is 37.6 Å². The molecular formula is C20H27NO. The fraction of sp³-hybridized carbons (Fsp3) is 0.500. The molecule has 2 heteroatoms. The Morgan fingerprint density at radius 3 is 2.36 bits per heavy atom. The van der Waals surface area contributed by atoms with Gasteiger partial charge in [-0.3, -0.25) is 4.90 Å². The molecular weight excluding hydrogens is 270 g/mol. The van der Waals surface area contributed by atoms with Gasteiger partial charge in [0.15, 0.2) is 0 Å². The van der Waals surface area contributed by atoms with E-state index >= 15 is 0 Å². The van der Waals surface area contributed by atoms with E-state index in [4.69, 9.17) is 4.74 Å². The van der Waals surface area contributed by atoms with Crippen molar-refractivity contribution in [3.8, 4) is 0 Å². The number of methoxy groups -OCH3 is 1. The van der Waals surface area contributed by atoms with Gasteiger partial charge in [0.05, 0.1) is 6.61 Å².